The summed E-state index contributed by atoms with van der Waals surface area (Å²) in [4.78, 5) is 0. The molecule has 9 aromatic rings. The van der Waals surface area contributed by atoms with Gasteiger partial charge in [-0.05, 0) is 0 Å². The van der Waals surface area contributed by atoms with Crippen LogP contribution < -0.4 is 0 Å². The van der Waals surface area contributed by atoms with Crippen molar-refractivity contribution in [1.29, 1.82) is 0 Å². The molecule has 0 saturated carbocycles. The first-order chi connectivity index (χ1) is 19.3. The van der Waals surface area contributed by atoms with Crippen LogP contribution in [0.5, 0.6) is 0 Å². The first-order valence-electron chi connectivity index (χ1n) is 13.6. The number of benzene rings is 6. The number of hydrogen-bond acceptors (Lipinski definition) is 0. The molecule has 0 amide bonds. The molecule has 1 aliphatic rings. The maximum absolute atomic E-state index is 2.58. The third-order valence-electron chi connectivity index (χ3n) is 8.94. The van der Waals surface area contributed by atoms with Crippen LogP contribution in [0.4, 0.5) is 0 Å². The molecule has 39 heavy (non-hydrogen) atoms. The van der Waals surface area contributed by atoms with Gasteiger partial charge in [0.05, 0.1) is 0 Å². The van der Waals surface area contributed by atoms with Gasteiger partial charge in [-0.2, -0.15) is 0 Å². The summed E-state index contributed by atoms with van der Waals surface area (Å²) in [6.07, 6.45) is 1.00. The number of nitrogens with zero attached hydrogens (tertiary/aromatic N) is 1. The Labute approximate surface area is 229 Å². The van der Waals surface area contributed by atoms with Gasteiger partial charge in [0, 0.05) is 0 Å². The van der Waals surface area contributed by atoms with Gasteiger partial charge < -0.3 is 0 Å². The molecule has 0 atom stereocenters. The molecule has 0 N–H and O–H groups in total. The summed E-state index contributed by atoms with van der Waals surface area (Å²) in [6.45, 7) is 0. The minimum absolute atomic E-state index is 0.321. The van der Waals surface area contributed by atoms with Crippen LogP contribution in [-0.2, 0) is 6.42 Å². The Morgan fingerprint density at radius 1 is 0.436 bits per heavy atom. The van der Waals surface area contributed by atoms with Gasteiger partial charge >= 0.3 is 231 Å². The molecule has 0 saturated heterocycles. The van der Waals surface area contributed by atoms with Crippen LogP contribution in [0.25, 0.3) is 78.9 Å². The predicted octanol–water partition coefficient (Wildman–Crippen LogP) is 9.54. The topological polar surface area (TPSA) is 4.41 Å². The molecular formula is C37H21NSe. The fraction of sp³-hybridized carbons (Fsp3) is 0.0270. The van der Waals surface area contributed by atoms with Crippen LogP contribution in [0.15, 0.2) is 115 Å². The van der Waals surface area contributed by atoms with Gasteiger partial charge in [0.15, 0.2) is 0 Å². The second-order valence-electron chi connectivity index (χ2n) is 10.9. The Hall–Kier alpha value is -4.36. The van der Waals surface area contributed by atoms with Crippen LogP contribution in [0.3, 0.4) is 0 Å². The zero-order chi connectivity index (χ0) is 25.2. The predicted molar refractivity (Wildman–Crippen MR) is 168 cm³/mol. The van der Waals surface area contributed by atoms with Crippen molar-refractivity contribution < 1.29 is 0 Å². The molecule has 0 bridgehead atoms. The van der Waals surface area contributed by atoms with Crippen molar-refractivity contribution in [3.63, 3.8) is 0 Å². The summed E-state index contributed by atoms with van der Waals surface area (Å²) in [5.74, 6) is 0. The van der Waals surface area contributed by atoms with E-state index in [1.165, 1.54) is 90.1 Å². The number of hydrogen-bond donors (Lipinski definition) is 0. The second-order valence-corrected chi connectivity index (χ2v) is 13.1. The number of para-hydroxylation sites is 2. The molecule has 10 rings (SSSR count). The van der Waals surface area contributed by atoms with Crippen molar-refractivity contribution in [3.05, 3.63) is 126 Å². The van der Waals surface area contributed by atoms with E-state index in [-0.39, 0.29) is 0 Å². The van der Waals surface area contributed by atoms with Crippen molar-refractivity contribution in [2.75, 3.05) is 0 Å². The van der Waals surface area contributed by atoms with Gasteiger partial charge in [-0.3, -0.25) is 0 Å². The van der Waals surface area contributed by atoms with E-state index in [1.807, 2.05) is 0 Å². The van der Waals surface area contributed by atoms with Crippen LogP contribution >= 0.6 is 0 Å². The third-order valence-corrected chi connectivity index (χ3v) is 11.3. The Kier molecular flexibility index (Phi) is 3.79. The monoisotopic (exact) mass is 559 g/mol. The van der Waals surface area contributed by atoms with Crippen molar-refractivity contribution >= 4 is 93.4 Å². The van der Waals surface area contributed by atoms with E-state index in [1.54, 1.807) is 0 Å². The molecule has 3 heterocycles. The molecule has 0 spiro atoms. The van der Waals surface area contributed by atoms with E-state index >= 15 is 0 Å². The molecule has 0 radical (unpaired) electrons. The molecule has 6 aromatic carbocycles. The summed E-state index contributed by atoms with van der Waals surface area (Å²) in [5.41, 5.74) is 6.77. The normalized spacial score (nSPS) is 13.0. The maximum atomic E-state index is 2.58. The molecule has 1 nitrogen and oxygen atoms in total. The van der Waals surface area contributed by atoms with Gasteiger partial charge in [0.25, 0.3) is 0 Å². The molecule has 3 aromatic heterocycles. The van der Waals surface area contributed by atoms with Crippen molar-refractivity contribution in [3.8, 4) is 0 Å². The Balaban J connectivity index is 1.61. The molecule has 1 aliphatic carbocycles. The molecule has 0 fully saturated rings. The summed E-state index contributed by atoms with van der Waals surface area (Å²) in [6, 6.07) is 43.8. The average Bonchev–Trinajstić information content (AvgIpc) is 3.65. The van der Waals surface area contributed by atoms with Crippen LogP contribution in [0.2, 0.25) is 0 Å². The fourth-order valence-corrected chi connectivity index (χ4v) is 9.74. The minimum atomic E-state index is 0.321. The van der Waals surface area contributed by atoms with Gasteiger partial charge in [0.1, 0.15) is 0 Å². The Morgan fingerprint density at radius 3 is 1.87 bits per heavy atom. The third kappa shape index (κ3) is 2.52. The van der Waals surface area contributed by atoms with Crippen LogP contribution in [0.1, 0.15) is 11.1 Å². The average molecular weight is 559 g/mol. The van der Waals surface area contributed by atoms with E-state index in [2.05, 4.69) is 120 Å². The fourth-order valence-electron chi connectivity index (χ4n) is 7.39. The van der Waals surface area contributed by atoms with Gasteiger partial charge in [-0.25, -0.2) is 0 Å². The van der Waals surface area contributed by atoms with Gasteiger partial charge in [-0.1, -0.05) is 0 Å². The summed E-state index contributed by atoms with van der Waals surface area (Å²) < 4.78 is 5.56. The van der Waals surface area contributed by atoms with E-state index in [0.29, 0.717) is 14.5 Å². The first-order valence-corrected chi connectivity index (χ1v) is 15.3. The van der Waals surface area contributed by atoms with Crippen molar-refractivity contribution in [2.45, 2.75) is 6.42 Å². The molecule has 180 valence electrons. The first kappa shape index (κ1) is 20.6. The number of rotatable bonds is 0. The SMILES string of the molecule is c1ccc2c(c1)[se]c1cc3c(cc12)c1cccc2c4cccc5c4c4c(cccc4c4ccccc4n3c21)C5. The van der Waals surface area contributed by atoms with Gasteiger partial charge in [-0.15, -0.1) is 0 Å². The molecular weight excluding hydrogens is 537 g/mol. The zero-order valence-electron chi connectivity index (χ0n) is 21.0. The van der Waals surface area contributed by atoms with E-state index < -0.39 is 0 Å². The number of fused-ring (bicyclic) bond motifs is 10. The van der Waals surface area contributed by atoms with E-state index in [0.717, 1.165) is 6.42 Å². The quantitative estimate of drug-likeness (QED) is 0.163. The Bertz CT molecular complexity index is 2580. The molecule has 0 unspecified atom stereocenters. The second kappa shape index (κ2) is 7.18. The molecule has 0 aliphatic heterocycles. The standard InChI is InChI=1S/C37H21NSe/c1-3-16-31-23(10-1)25-12-5-8-21-18-22-9-6-13-26(36(22)35(21)25)27-14-7-15-28-29-19-30-24-11-2-4-17-33(24)39-34(30)20-32(29)38(31)37(27)28/h1-17,19-20H,18H2. The van der Waals surface area contributed by atoms with Gasteiger partial charge in [0.2, 0.25) is 0 Å². The van der Waals surface area contributed by atoms with Crippen LogP contribution in [-0.4, -0.2) is 18.9 Å². The van der Waals surface area contributed by atoms with E-state index in [4.69, 9.17) is 0 Å². The van der Waals surface area contributed by atoms with E-state index in [9.17, 15) is 0 Å². The summed E-state index contributed by atoms with van der Waals surface area (Å²) >= 11 is 0.321. The summed E-state index contributed by atoms with van der Waals surface area (Å²) in [5, 5.41) is 13.7. The number of aromatic nitrogens is 1. The molecule has 2 heteroatoms. The summed E-state index contributed by atoms with van der Waals surface area (Å²) in [7, 11) is 0. The van der Waals surface area contributed by atoms with Crippen molar-refractivity contribution in [2.24, 2.45) is 0 Å². The zero-order valence-corrected chi connectivity index (χ0v) is 22.7. The Morgan fingerprint density at radius 2 is 1.05 bits per heavy atom. The van der Waals surface area contributed by atoms with Crippen molar-refractivity contribution in [1.82, 2.24) is 4.40 Å². The van der Waals surface area contributed by atoms with Crippen LogP contribution in [0, 0.1) is 0 Å².